The molecule has 0 unspecified atom stereocenters. The van der Waals surface area contributed by atoms with Crippen molar-refractivity contribution in [1.82, 2.24) is 10.3 Å². The van der Waals surface area contributed by atoms with Crippen molar-refractivity contribution in [1.29, 1.82) is 0 Å². The summed E-state index contributed by atoms with van der Waals surface area (Å²) in [5.74, 6) is 0. The number of benzene rings is 1. The van der Waals surface area contributed by atoms with Crippen LogP contribution in [0.4, 0.5) is 5.69 Å². The van der Waals surface area contributed by atoms with E-state index in [1.165, 1.54) is 12.1 Å². The number of aromatic nitrogens is 1. The van der Waals surface area contributed by atoms with Crippen LogP contribution in [-0.4, -0.2) is 9.91 Å². The Hall–Kier alpha value is -1.98. The summed E-state index contributed by atoms with van der Waals surface area (Å²) >= 11 is 6.01. The number of rotatable bonds is 5. The van der Waals surface area contributed by atoms with Gasteiger partial charge in [0.25, 0.3) is 5.69 Å². The van der Waals surface area contributed by atoms with Crippen molar-refractivity contribution in [3.8, 4) is 0 Å². The molecule has 1 N–H and O–H groups in total. The van der Waals surface area contributed by atoms with E-state index in [4.69, 9.17) is 11.6 Å². The molecule has 2 aromatic rings. The van der Waals surface area contributed by atoms with Gasteiger partial charge in [0.2, 0.25) is 0 Å². The van der Waals surface area contributed by atoms with Crippen LogP contribution in [-0.2, 0) is 13.1 Å². The van der Waals surface area contributed by atoms with Gasteiger partial charge in [-0.15, -0.1) is 0 Å². The van der Waals surface area contributed by atoms with Gasteiger partial charge >= 0.3 is 0 Å². The number of nitro benzene ring substituents is 1. The predicted octanol–water partition coefficient (Wildman–Crippen LogP) is 2.93. The summed E-state index contributed by atoms with van der Waals surface area (Å²) in [6, 6.07) is 8.23. The highest BCUT2D eigenvalue weighted by Crippen LogP contribution is 2.21. The molecule has 5 nitrogen and oxygen atoms in total. The molecule has 1 aromatic carbocycles. The summed E-state index contributed by atoms with van der Waals surface area (Å²) < 4.78 is 0. The van der Waals surface area contributed by atoms with Gasteiger partial charge in [0, 0.05) is 42.6 Å². The largest absolute Gasteiger partial charge is 0.309 e. The average Bonchev–Trinajstić information content (AvgIpc) is 2.42. The molecule has 0 spiro atoms. The van der Waals surface area contributed by atoms with Crippen molar-refractivity contribution in [3.05, 3.63) is 69.0 Å². The quantitative estimate of drug-likeness (QED) is 0.674. The zero-order valence-corrected chi connectivity index (χ0v) is 10.8. The average molecular weight is 278 g/mol. The van der Waals surface area contributed by atoms with Gasteiger partial charge in [0.15, 0.2) is 0 Å². The Kier molecular flexibility index (Phi) is 4.43. The Morgan fingerprint density at radius 1 is 1.32 bits per heavy atom. The molecule has 0 bridgehead atoms. The van der Waals surface area contributed by atoms with Gasteiger partial charge in [-0.3, -0.25) is 15.1 Å². The maximum Gasteiger partial charge on any atom is 0.269 e. The van der Waals surface area contributed by atoms with E-state index in [0.29, 0.717) is 23.7 Å². The first kappa shape index (κ1) is 13.5. The lowest BCUT2D eigenvalue weighted by atomic mass is 10.2. The van der Waals surface area contributed by atoms with Gasteiger partial charge in [0.05, 0.1) is 4.92 Å². The Bertz CT molecular complexity index is 575. The van der Waals surface area contributed by atoms with Crippen LogP contribution in [0.1, 0.15) is 11.1 Å². The highest BCUT2D eigenvalue weighted by Gasteiger charge is 2.09. The maximum atomic E-state index is 10.7. The second-order valence-corrected chi connectivity index (χ2v) is 4.40. The van der Waals surface area contributed by atoms with Crippen molar-refractivity contribution in [2.75, 3.05) is 0 Å². The molecule has 0 aliphatic carbocycles. The third-order valence-electron chi connectivity index (χ3n) is 2.61. The van der Waals surface area contributed by atoms with Crippen molar-refractivity contribution in [3.63, 3.8) is 0 Å². The fourth-order valence-electron chi connectivity index (χ4n) is 1.65. The first-order chi connectivity index (χ1) is 9.16. The number of nitro groups is 1. The van der Waals surface area contributed by atoms with E-state index in [-0.39, 0.29) is 5.69 Å². The fraction of sp³-hybridized carbons (Fsp3) is 0.154. The number of hydrogen-bond donors (Lipinski definition) is 1. The molecule has 0 saturated carbocycles. The van der Waals surface area contributed by atoms with E-state index in [9.17, 15) is 10.1 Å². The van der Waals surface area contributed by atoms with Crippen LogP contribution in [0.5, 0.6) is 0 Å². The Morgan fingerprint density at radius 2 is 2.16 bits per heavy atom. The number of hydrogen-bond acceptors (Lipinski definition) is 4. The third-order valence-corrected chi connectivity index (χ3v) is 2.98. The molecule has 0 fully saturated rings. The molecule has 0 amide bonds. The smallest absolute Gasteiger partial charge is 0.269 e. The minimum Gasteiger partial charge on any atom is -0.309 e. The summed E-state index contributed by atoms with van der Waals surface area (Å²) in [5.41, 5.74) is 1.80. The second kappa shape index (κ2) is 6.26. The molecule has 1 aromatic heterocycles. The van der Waals surface area contributed by atoms with Crippen molar-refractivity contribution < 1.29 is 4.92 Å². The molecule has 0 aliphatic heterocycles. The van der Waals surface area contributed by atoms with E-state index < -0.39 is 4.92 Å². The van der Waals surface area contributed by atoms with E-state index in [1.54, 1.807) is 18.5 Å². The van der Waals surface area contributed by atoms with Gasteiger partial charge in [0.1, 0.15) is 0 Å². The minimum absolute atomic E-state index is 0.0441. The minimum atomic E-state index is -0.430. The van der Waals surface area contributed by atoms with E-state index in [0.717, 1.165) is 5.56 Å². The number of nitrogens with zero attached hydrogens (tertiary/aromatic N) is 2. The summed E-state index contributed by atoms with van der Waals surface area (Å²) in [4.78, 5) is 14.3. The molecular formula is C13H12ClN3O2. The zero-order valence-electron chi connectivity index (χ0n) is 10.0. The monoisotopic (exact) mass is 277 g/mol. The SMILES string of the molecule is O=[N+]([O-])c1ccc(Cl)c(CNCc2cccnc2)c1. The van der Waals surface area contributed by atoms with Gasteiger partial charge < -0.3 is 5.32 Å². The Balaban J connectivity index is 1.99. The molecule has 0 aliphatic rings. The first-order valence-corrected chi connectivity index (χ1v) is 6.07. The Labute approximate surface area is 115 Å². The fourth-order valence-corrected chi connectivity index (χ4v) is 1.84. The highest BCUT2D eigenvalue weighted by atomic mass is 35.5. The standard InChI is InChI=1S/C13H12ClN3O2/c14-13-4-3-12(17(18)19)6-11(13)9-16-8-10-2-1-5-15-7-10/h1-7,16H,8-9H2. The Morgan fingerprint density at radius 3 is 2.84 bits per heavy atom. The van der Waals surface area contributed by atoms with Crippen molar-refractivity contribution >= 4 is 17.3 Å². The lowest BCUT2D eigenvalue weighted by Crippen LogP contribution is -2.13. The van der Waals surface area contributed by atoms with Crippen molar-refractivity contribution in [2.24, 2.45) is 0 Å². The molecule has 6 heteroatoms. The third kappa shape index (κ3) is 3.74. The van der Waals surface area contributed by atoms with E-state index >= 15 is 0 Å². The molecule has 2 rings (SSSR count). The maximum absolute atomic E-state index is 10.7. The summed E-state index contributed by atoms with van der Waals surface area (Å²) in [6.07, 6.45) is 3.48. The van der Waals surface area contributed by atoms with Gasteiger partial charge in [-0.1, -0.05) is 17.7 Å². The number of nitrogens with one attached hydrogen (secondary N) is 1. The van der Waals surface area contributed by atoms with Crippen molar-refractivity contribution in [2.45, 2.75) is 13.1 Å². The van der Waals surface area contributed by atoms with E-state index in [2.05, 4.69) is 10.3 Å². The van der Waals surface area contributed by atoms with Crippen LogP contribution in [0.15, 0.2) is 42.7 Å². The summed E-state index contributed by atoms with van der Waals surface area (Å²) in [7, 11) is 0. The van der Waals surface area contributed by atoms with Crippen LogP contribution >= 0.6 is 11.6 Å². The highest BCUT2D eigenvalue weighted by molar-refractivity contribution is 6.31. The summed E-state index contributed by atoms with van der Waals surface area (Å²) in [5, 5.41) is 14.4. The number of non-ortho nitro benzene ring substituents is 1. The molecule has 0 radical (unpaired) electrons. The number of halogens is 1. The lowest BCUT2D eigenvalue weighted by molar-refractivity contribution is -0.384. The number of pyridine rings is 1. The first-order valence-electron chi connectivity index (χ1n) is 5.69. The topological polar surface area (TPSA) is 68.1 Å². The molecule has 0 atom stereocenters. The molecule has 0 saturated heterocycles. The molecule has 1 heterocycles. The predicted molar refractivity (Wildman–Crippen MR) is 72.9 cm³/mol. The lowest BCUT2D eigenvalue weighted by Gasteiger charge is -2.06. The van der Waals surface area contributed by atoms with Crippen LogP contribution in [0.3, 0.4) is 0 Å². The van der Waals surface area contributed by atoms with Gasteiger partial charge in [-0.25, -0.2) is 0 Å². The van der Waals surface area contributed by atoms with Crippen LogP contribution in [0, 0.1) is 10.1 Å². The van der Waals surface area contributed by atoms with Crippen LogP contribution < -0.4 is 5.32 Å². The summed E-state index contributed by atoms with van der Waals surface area (Å²) in [6.45, 7) is 1.10. The zero-order chi connectivity index (χ0) is 13.7. The van der Waals surface area contributed by atoms with Crippen LogP contribution in [0.25, 0.3) is 0 Å². The van der Waals surface area contributed by atoms with Gasteiger partial charge in [-0.2, -0.15) is 0 Å². The van der Waals surface area contributed by atoms with Gasteiger partial charge in [-0.05, 0) is 23.3 Å². The van der Waals surface area contributed by atoms with Crippen LogP contribution in [0.2, 0.25) is 5.02 Å². The normalized spacial score (nSPS) is 10.4. The molecular weight excluding hydrogens is 266 g/mol. The molecule has 98 valence electrons. The van der Waals surface area contributed by atoms with E-state index in [1.807, 2.05) is 12.1 Å². The molecule has 19 heavy (non-hydrogen) atoms. The second-order valence-electron chi connectivity index (χ2n) is 4.00.